The van der Waals surface area contributed by atoms with Gasteiger partial charge in [-0.15, -0.1) is 0 Å². The number of carbonyl (C=O) groups excluding carboxylic acids is 1. The summed E-state index contributed by atoms with van der Waals surface area (Å²) in [6.45, 7) is 0.308. The molecule has 0 fully saturated rings. The molecule has 4 rings (SSSR count). The molecular formula is C19H15N3O2. The molecule has 0 saturated carbocycles. The quantitative estimate of drug-likeness (QED) is 0.602. The van der Waals surface area contributed by atoms with E-state index in [0.29, 0.717) is 23.7 Å². The lowest BCUT2D eigenvalue weighted by Gasteiger charge is -2.00. The van der Waals surface area contributed by atoms with Crippen molar-refractivity contribution in [3.63, 3.8) is 0 Å². The Kier molecular flexibility index (Phi) is 3.59. The molecule has 0 radical (unpaired) electrons. The molecule has 0 bridgehead atoms. The fourth-order valence-electron chi connectivity index (χ4n) is 2.56. The van der Waals surface area contributed by atoms with Crippen LogP contribution >= 0.6 is 0 Å². The van der Waals surface area contributed by atoms with Crippen LogP contribution < -0.4 is 5.32 Å². The fourth-order valence-corrected chi connectivity index (χ4v) is 2.56. The van der Waals surface area contributed by atoms with Gasteiger partial charge in [0.25, 0.3) is 5.91 Å². The number of benzene rings is 2. The molecule has 0 aliphatic rings. The van der Waals surface area contributed by atoms with Gasteiger partial charge in [0.05, 0.1) is 18.4 Å². The van der Waals surface area contributed by atoms with Crippen molar-refractivity contribution < 1.29 is 9.21 Å². The molecule has 4 aromatic rings. The van der Waals surface area contributed by atoms with Gasteiger partial charge < -0.3 is 14.7 Å². The Morgan fingerprint density at radius 1 is 1.08 bits per heavy atom. The highest BCUT2D eigenvalue weighted by molar-refractivity contribution is 5.95. The SMILES string of the molecule is O=C(NCc1ncc(-c2ccccc2)[nH]1)c1cc2ccccc2o1. The number of furan rings is 1. The van der Waals surface area contributed by atoms with Crippen LogP contribution in [0.2, 0.25) is 0 Å². The number of fused-ring (bicyclic) bond motifs is 1. The van der Waals surface area contributed by atoms with E-state index in [1.165, 1.54) is 0 Å². The Morgan fingerprint density at radius 2 is 1.88 bits per heavy atom. The van der Waals surface area contributed by atoms with E-state index < -0.39 is 0 Å². The average Bonchev–Trinajstić information content (AvgIpc) is 3.27. The van der Waals surface area contributed by atoms with Gasteiger partial charge in [0, 0.05) is 5.39 Å². The summed E-state index contributed by atoms with van der Waals surface area (Å²) in [7, 11) is 0. The van der Waals surface area contributed by atoms with E-state index >= 15 is 0 Å². The van der Waals surface area contributed by atoms with E-state index in [0.717, 1.165) is 16.6 Å². The van der Waals surface area contributed by atoms with Crippen LogP contribution in [0, 0.1) is 0 Å². The van der Waals surface area contributed by atoms with Crippen molar-refractivity contribution in [1.29, 1.82) is 0 Å². The predicted octanol–water partition coefficient (Wildman–Crippen LogP) is 3.75. The normalized spacial score (nSPS) is 10.8. The molecule has 0 unspecified atom stereocenters. The van der Waals surface area contributed by atoms with Gasteiger partial charge >= 0.3 is 0 Å². The van der Waals surface area contributed by atoms with Gasteiger partial charge in [0.15, 0.2) is 5.76 Å². The lowest BCUT2D eigenvalue weighted by molar-refractivity contribution is 0.0924. The van der Waals surface area contributed by atoms with Crippen LogP contribution in [0.4, 0.5) is 0 Å². The second-order valence-corrected chi connectivity index (χ2v) is 5.44. The van der Waals surface area contributed by atoms with Crippen molar-refractivity contribution in [2.75, 3.05) is 0 Å². The molecule has 0 aliphatic carbocycles. The van der Waals surface area contributed by atoms with Crippen molar-refractivity contribution in [3.05, 3.63) is 78.4 Å². The van der Waals surface area contributed by atoms with Crippen LogP contribution in [0.25, 0.3) is 22.2 Å². The van der Waals surface area contributed by atoms with Gasteiger partial charge in [-0.25, -0.2) is 4.98 Å². The maximum atomic E-state index is 12.2. The summed E-state index contributed by atoms with van der Waals surface area (Å²) in [6.07, 6.45) is 1.76. The van der Waals surface area contributed by atoms with E-state index in [9.17, 15) is 4.79 Å². The monoisotopic (exact) mass is 317 g/mol. The average molecular weight is 317 g/mol. The van der Waals surface area contributed by atoms with E-state index in [2.05, 4.69) is 15.3 Å². The maximum Gasteiger partial charge on any atom is 0.287 e. The molecule has 2 aromatic heterocycles. The predicted molar refractivity (Wildman–Crippen MR) is 91.4 cm³/mol. The zero-order valence-corrected chi connectivity index (χ0v) is 12.8. The minimum atomic E-state index is -0.260. The number of nitrogens with zero attached hydrogens (tertiary/aromatic N) is 1. The summed E-state index contributed by atoms with van der Waals surface area (Å²) < 4.78 is 5.55. The highest BCUT2D eigenvalue weighted by Crippen LogP contribution is 2.19. The zero-order valence-electron chi connectivity index (χ0n) is 12.8. The first-order chi connectivity index (χ1) is 11.8. The number of rotatable bonds is 4. The van der Waals surface area contributed by atoms with Gasteiger partial charge in [0.1, 0.15) is 11.4 Å². The Hall–Kier alpha value is -3.34. The first-order valence-corrected chi connectivity index (χ1v) is 7.66. The topological polar surface area (TPSA) is 70.9 Å². The van der Waals surface area contributed by atoms with Crippen LogP contribution in [0.1, 0.15) is 16.4 Å². The fraction of sp³-hybridized carbons (Fsp3) is 0.0526. The summed E-state index contributed by atoms with van der Waals surface area (Å²) in [5, 5.41) is 3.72. The van der Waals surface area contributed by atoms with Gasteiger partial charge in [0.2, 0.25) is 0 Å². The number of nitrogens with one attached hydrogen (secondary N) is 2. The molecule has 0 spiro atoms. The molecule has 118 valence electrons. The van der Waals surface area contributed by atoms with Crippen LogP contribution in [-0.4, -0.2) is 15.9 Å². The van der Waals surface area contributed by atoms with Crippen molar-refractivity contribution in [3.8, 4) is 11.3 Å². The van der Waals surface area contributed by atoms with Gasteiger partial charge in [-0.2, -0.15) is 0 Å². The third-order valence-corrected chi connectivity index (χ3v) is 3.78. The summed E-state index contributed by atoms with van der Waals surface area (Å²) in [6, 6.07) is 19.2. The van der Waals surface area contributed by atoms with Crippen molar-refractivity contribution >= 4 is 16.9 Å². The van der Waals surface area contributed by atoms with Crippen molar-refractivity contribution in [1.82, 2.24) is 15.3 Å². The smallest absolute Gasteiger partial charge is 0.287 e. The lowest BCUT2D eigenvalue weighted by atomic mass is 10.2. The molecular weight excluding hydrogens is 302 g/mol. The van der Waals surface area contributed by atoms with Crippen molar-refractivity contribution in [2.24, 2.45) is 0 Å². The minimum Gasteiger partial charge on any atom is -0.451 e. The number of imidazole rings is 1. The molecule has 0 aliphatic heterocycles. The number of hydrogen-bond donors (Lipinski definition) is 2. The first kappa shape index (κ1) is 14.3. The summed E-state index contributed by atoms with van der Waals surface area (Å²) >= 11 is 0. The van der Waals surface area contributed by atoms with Crippen LogP contribution in [0.15, 0.2) is 71.3 Å². The van der Waals surface area contributed by atoms with E-state index in [4.69, 9.17) is 4.42 Å². The van der Waals surface area contributed by atoms with Gasteiger partial charge in [-0.05, 0) is 17.7 Å². The van der Waals surface area contributed by atoms with Gasteiger partial charge in [-0.3, -0.25) is 4.79 Å². The Bertz CT molecular complexity index is 953. The second-order valence-electron chi connectivity index (χ2n) is 5.44. The number of H-pyrrole nitrogens is 1. The highest BCUT2D eigenvalue weighted by Gasteiger charge is 2.12. The number of carbonyl (C=O) groups is 1. The molecule has 5 heteroatoms. The molecule has 5 nitrogen and oxygen atoms in total. The number of hydrogen-bond acceptors (Lipinski definition) is 3. The Balaban J connectivity index is 1.45. The number of para-hydroxylation sites is 1. The molecule has 2 aromatic carbocycles. The molecule has 0 saturated heterocycles. The lowest BCUT2D eigenvalue weighted by Crippen LogP contribution is -2.22. The van der Waals surface area contributed by atoms with E-state index in [1.54, 1.807) is 12.3 Å². The minimum absolute atomic E-state index is 0.260. The molecule has 24 heavy (non-hydrogen) atoms. The summed E-state index contributed by atoms with van der Waals surface area (Å²) in [5.41, 5.74) is 2.68. The van der Waals surface area contributed by atoms with Crippen LogP contribution in [-0.2, 0) is 6.54 Å². The maximum absolute atomic E-state index is 12.2. The number of amides is 1. The summed E-state index contributed by atoms with van der Waals surface area (Å²) in [5.74, 6) is 0.730. The van der Waals surface area contributed by atoms with E-state index in [1.807, 2.05) is 54.6 Å². The van der Waals surface area contributed by atoms with Crippen LogP contribution in [0.5, 0.6) is 0 Å². The first-order valence-electron chi connectivity index (χ1n) is 7.66. The summed E-state index contributed by atoms with van der Waals surface area (Å²) in [4.78, 5) is 19.7. The third-order valence-electron chi connectivity index (χ3n) is 3.78. The molecule has 2 heterocycles. The highest BCUT2D eigenvalue weighted by atomic mass is 16.3. The Morgan fingerprint density at radius 3 is 2.71 bits per heavy atom. The zero-order chi connectivity index (χ0) is 16.4. The Labute approximate surface area is 138 Å². The van der Waals surface area contributed by atoms with Crippen LogP contribution in [0.3, 0.4) is 0 Å². The van der Waals surface area contributed by atoms with E-state index in [-0.39, 0.29) is 5.91 Å². The molecule has 2 N–H and O–H groups in total. The number of aromatic amines is 1. The number of aromatic nitrogens is 2. The third kappa shape index (κ3) is 2.79. The molecule has 0 atom stereocenters. The van der Waals surface area contributed by atoms with Crippen molar-refractivity contribution in [2.45, 2.75) is 6.54 Å². The largest absolute Gasteiger partial charge is 0.451 e. The van der Waals surface area contributed by atoms with Gasteiger partial charge in [-0.1, -0.05) is 48.5 Å². The molecule has 1 amide bonds. The standard InChI is InChI=1S/C19H15N3O2/c23-19(17-10-14-8-4-5-9-16(14)24-17)21-12-18-20-11-15(22-18)13-6-2-1-3-7-13/h1-11H,12H2,(H,20,22)(H,21,23). The second kappa shape index (κ2) is 6.04.